The highest BCUT2D eigenvalue weighted by Crippen LogP contribution is 2.29. The summed E-state index contributed by atoms with van der Waals surface area (Å²) < 4.78 is 5.27. The molecule has 1 fully saturated rings. The first-order chi connectivity index (χ1) is 10.2. The summed E-state index contributed by atoms with van der Waals surface area (Å²) in [6.45, 7) is 4.45. The largest absolute Gasteiger partial charge is 0.464 e. The zero-order valence-corrected chi connectivity index (χ0v) is 13.2. The normalized spacial score (nSPS) is 17.2. The maximum absolute atomic E-state index is 12.3. The summed E-state index contributed by atoms with van der Waals surface area (Å²) in [5, 5.41) is 3.41. The van der Waals surface area contributed by atoms with Gasteiger partial charge in [0, 0.05) is 5.69 Å². The first kappa shape index (κ1) is 15.9. The van der Waals surface area contributed by atoms with Crippen molar-refractivity contribution < 1.29 is 9.53 Å². The van der Waals surface area contributed by atoms with Crippen molar-refractivity contribution in [2.45, 2.75) is 58.4 Å². The third-order valence-corrected chi connectivity index (χ3v) is 4.35. The Morgan fingerprint density at radius 2 is 1.86 bits per heavy atom. The van der Waals surface area contributed by atoms with Crippen LogP contribution >= 0.6 is 0 Å². The van der Waals surface area contributed by atoms with E-state index in [0.29, 0.717) is 12.5 Å². The Hall–Kier alpha value is -1.51. The number of carbonyl (C=O) groups is 1. The molecule has 0 saturated heterocycles. The first-order valence-electron chi connectivity index (χ1n) is 8.26. The predicted molar refractivity (Wildman–Crippen MR) is 86.4 cm³/mol. The number of anilines is 1. The van der Waals surface area contributed by atoms with Gasteiger partial charge in [-0.3, -0.25) is 0 Å². The van der Waals surface area contributed by atoms with E-state index in [0.717, 1.165) is 24.9 Å². The molecule has 3 heteroatoms. The van der Waals surface area contributed by atoms with Crippen molar-refractivity contribution in [3.63, 3.8) is 0 Å². The van der Waals surface area contributed by atoms with E-state index in [1.165, 1.54) is 24.8 Å². The Morgan fingerprint density at radius 1 is 1.19 bits per heavy atom. The molecule has 1 aliphatic rings. The van der Waals surface area contributed by atoms with Gasteiger partial charge < -0.3 is 10.1 Å². The monoisotopic (exact) mass is 289 g/mol. The van der Waals surface area contributed by atoms with Crippen LogP contribution in [0, 0.1) is 5.92 Å². The second-order valence-corrected chi connectivity index (χ2v) is 5.82. The quantitative estimate of drug-likeness (QED) is 0.799. The standard InChI is InChI=1S/C18H27NO2/c1-3-14-10-12-16(13-11-14)19-17(18(20)21-4-2)15-8-6-5-7-9-15/h10-13,15,17,19H,3-9H2,1-2H3. The summed E-state index contributed by atoms with van der Waals surface area (Å²) >= 11 is 0. The van der Waals surface area contributed by atoms with Crippen LogP contribution in [0.15, 0.2) is 24.3 Å². The third-order valence-electron chi connectivity index (χ3n) is 4.35. The van der Waals surface area contributed by atoms with Gasteiger partial charge in [-0.2, -0.15) is 0 Å². The Bertz CT molecular complexity index is 435. The SMILES string of the molecule is CCOC(=O)C(Nc1ccc(CC)cc1)C1CCCCC1. The van der Waals surface area contributed by atoms with Crippen LogP contribution in [0.1, 0.15) is 51.5 Å². The fourth-order valence-corrected chi connectivity index (χ4v) is 3.08. The van der Waals surface area contributed by atoms with Gasteiger partial charge in [-0.15, -0.1) is 0 Å². The summed E-state index contributed by atoms with van der Waals surface area (Å²) in [7, 11) is 0. The minimum absolute atomic E-state index is 0.107. The maximum Gasteiger partial charge on any atom is 0.328 e. The van der Waals surface area contributed by atoms with Crippen LogP contribution in [0.2, 0.25) is 0 Å². The number of esters is 1. The van der Waals surface area contributed by atoms with Crippen molar-refractivity contribution in [3.8, 4) is 0 Å². The lowest BCUT2D eigenvalue weighted by Gasteiger charge is -2.30. The van der Waals surface area contributed by atoms with Gasteiger partial charge in [0.1, 0.15) is 6.04 Å². The lowest BCUT2D eigenvalue weighted by Crippen LogP contribution is -2.39. The minimum atomic E-state index is -0.210. The Labute approximate surface area is 128 Å². The van der Waals surface area contributed by atoms with E-state index in [-0.39, 0.29) is 12.0 Å². The molecule has 2 rings (SSSR count). The molecule has 0 amide bonds. The number of carbonyl (C=O) groups excluding carboxylic acids is 1. The highest BCUT2D eigenvalue weighted by Gasteiger charge is 2.30. The molecule has 116 valence electrons. The highest BCUT2D eigenvalue weighted by atomic mass is 16.5. The molecule has 21 heavy (non-hydrogen) atoms. The highest BCUT2D eigenvalue weighted by molar-refractivity contribution is 5.79. The lowest BCUT2D eigenvalue weighted by atomic mass is 9.83. The van der Waals surface area contributed by atoms with Crippen molar-refractivity contribution in [3.05, 3.63) is 29.8 Å². The van der Waals surface area contributed by atoms with E-state index in [4.69, 9.17) is 4.74 Å². The zero-order valence-electron chi connectivity index (χ0n) is 13.2. The number of nitrogens with one attached hydrogen (secondary N) is 1. The molecule has 1 atom stereocenters. The van der Waals surface area contributed by atoms with Crippen LogP contribution in [0.5, 0.6) is 0 Å². The van der Waals surface area contributed by atoms with Crippen LogP contribution < -0.4 is 5.32 Å². The number of benzene rings is 1. The van der Waals surface area contributed by atoms with Gasteiger partial charge in [-0.25, -0.2) is 4.79 Å². The minimum Gasteiger partial charge on any atom is -0.464 e. The molecular formula is C18H27NO2. The smallest absolute Gasteiger partial charge is 0.328 e. The predicted octanol–water partition coefficient (Wildman–Crippen LogP) is 4.17. The summed E-state index contributed by atoms with van der Waals surface area (Å²) in [6, 6.07) is 8.15. The Kier molecular flexibility index (Phi) is 6.09. The number of ether oxygens (including phenoxy) is 1. The van der Waals surface area contributed by atoms with E-state index >= 15 is 0 Å². The molecule has 1 aliphatic carbocycles. The van der Waals surface area contributed by atoms with Crippen molar-refractivity contribution in [2.24, 2.45) is 5.92 Å². The first-order valence-corrected chi connectivity index (χ1v) is 8.26. The average molecular weight is 289 g/mol. The van der Waals surface area contributed by atoms with Crippen LogP contribution in [0.3, 0.4) is 0 Å². The fourth-order valence-electron chi connectivity index (χ4n) is 3.08. The molecule has 1 N–H and O–H groups in total. The second kappa shape index (κ2) is 8.06. The fraction of sp³-hybridized carbons (Fsp3) is 0.611. The summed E-state index contributed by atoms with van der Waals surface area (Å²) in [5.74, 6) is 0.285. The molecule has 1 aromatic carbocycles. The number of hydrogen-bond donors (Lipinski definition) is 1. The molecule has 1 aromatic rings. The number of hydrogen-bond acceptors (Lipinski definition) is 3. The van der Waals surface area contributed by atoms with Gasteiger partial charge in [-0.1, -0.05) is 38.3 Å². The summed E-state index contributed by atoms with van der Waals surface area (Å²) in [6.07, 6.45) is 6.99. The van der Waals surface area contributed by atoms with Crippen molar-refractivity contribution in [1.82, 2.24) is 0 Å². The molecule has 0 heterocycles. The lowest BCUT2D eigenvalue weighted by molar-refractivity contribution is -0.145. The Balaban J connectivity index is 2.07. The van der Waals surface area contributed by atoms with Gasteiger partial charge in [0.25, 0.3) is 0 Å². The molecule has 0 radical (unpaired) electrons. The second-order valence-electron chi connectivity index (χ2n) is 5.82. The van der Waals surface area contributed by atoms with Gasteiger partial charge in [-0.05, 0) is 49.8 Å². The van der Waals surface area contributed by atoms with E-state index < -0.39 is 0 Å². The Morgan fingerprint density at radius 3 is 2.43 bits per heavy atom. The summed E-state index contributed by atoms with van der Waals surface area (Å²) in [5.41, 5.74) is 2.32. The molecule has 3 nitrogen and oxygen atoms in total. The molecule has 0 aromatic heterocycles. The van der Waals surface area contributed by atoms with E-state index in [9.17, 15) is 4.79 Å². The molecule has 1 unspecified atom stereocenters. The van der Waals surface area contributed by atoms with Crippen LogP contribution in [0.25, 0.3) is 0 Å². The molecule has 0 bridgehead atoms. The van der Waals surface area contributed by atoms with E-state index in [2.05, 4.69) is 36.5 Å². The van der Waals surface area contributed by atoms with Gasteiger partial charge in [0.05, 0.1) is 6.61 Å². The zero-order chi connectivity index (χ0) is 15.1. The van der Waals surface area contributed by atoms with Crippen molar-refractivity contribution >= 4 is 11.7 Å². The van der Waals surface area contributed by atoms with Gasteiger partial charge >= 0.3 is 5.97 Å². The topological polar surface area (TPSA) is 38.3 Å². The van der Waals surface area contributed by atoms with Crippen LogP contribution in [-0.2, 0) is 16.0 Å². The molecular weight excluding hydrogens is 262 g/mol. The van der Waals surface area contributed by atoms with Crippen molar-refractivity contribution in [1.29, 1.82) is 0 Å². The average Bonchev–Trinajstić information content (AvgIpc) is 2.54. The third kappa shape index (κ3) is 4.48. The van der Waals surface area contributed by atoms with Crippen molar-refractivity contribution in [2.75, 3.05) is 11.9 Å². The molecule has 0 aliphatic heterocycles. The maximum atomic E-state index is 12.3. The molecule has 0 spiro atoms. The van der Waals surface area contributed by atoms with E-state index in [1.807, 2.05) is 6.92 Å². The van der Waals surface area contributed by atoms with Crippen LogP contribution in [-0.4, -0.2) is 18.6 Å². The van der Waals surface area contributed by atoms with Crippen LogP contribution in [0.4, 0.5) is 5.69 Å². The van der Waals surface area contributed by atoms with Gasteiger partial charge in [0.2, 0.25) is 0 Å². The summed E-state index contributed by atoms with van der Waals surface area (Å²) in [4.78, 5) is 12.3. The van der Waals surface area contributed by atoms with Gasteiger partial charge in [0.15, 0.2) is 0 Å². The van der Waals surface area contributed by atoms with E-state index in [1.54, 1.807) is 0 Å². The number of rotatable bonds is 6. The molecule has 1 saturated carbocycles. The number of aryl methyl sites for hydroxylation is 1.